The number of hydrogen-bond acceptors (Lipinski definition) is 4. The molecule has 1 aromatic carbocycles. The van der Waals surface area contributed by atoms with Crippen molar-refractivity contribution in [1.29, 1.82) is 5.26 Å². The Hall–Kier alpha value is -1.58. The van der Waals surface area contributed by atoms with Crippen molar-refractivity contribution in [1.82, 2.24) is 4.31 Å². The highest BCUT2D eigenvalue weighted by Crippen LogP contribution is 2.20. The van der Waals surface area contributed by atoms with Gasteiger partial charge in [0.05, 0.1) is 5.56 Å². The van der Waals surface area contributed by atoms with Crippen LogP contribution in [-0.4, -0.2) is 26.8 Å². The zero-order valence-electron chi connectivity index (χ0n) is 8.43. The minimum atomic E-state index is -3.61. The maximum absolute atomic E-state index is 11.8. The molecule has 0 radical (unpaired) electrons. The molecule has 0 heterocycles. The largest absolute Gasteiger partial charge is 0.399 e. The number of benzene rings is 1. The molecular weight excluding hydrogens is 214 g/mol. The Morgan fingerprint density at radius 3 is 2.47 bits per heavy atom. The van der Waals surface area contributed by atoms with Crippen molar-refractivity contribution in [3.63, 3.8) is 0 Å². The van der Waals surface area contributed by atoms with Gasteiger partial charge in [0.15, 0.2) is 0 Å². The number of nitrogen functional groups attached to an aromatic ring is 1. The molecule has 5 nitrogen and oxygen atoms in total. The topological polar surface area (TPSA) is 87.2 Å². The fourth-order valence-electron chi connectivity index (χ4n) is 1.04. The van der Waals surface area contributed by atoms with Gasteiger partial charge in [-0.3, -0.25) is 0 Å². The van der Waals surface area contributed by atoms with E-state index >= 15 is 0 Å². The van der Waals surface area contributed by atoms with Gasteiger partial charge in [-0.1, -0.05) is 0 Å². The molecule has 0 aliphatic heterocycles. The van der Waals surface area contributed by atoms with Crippen molar-refractivity contribution < 1.29 is 8.42 Å². The fraction of sp³-hybridized carbons (Fsp3) is 0.222. The van der Waals surface area contributed by atoms with Crippen LogP contribution in [0.3, 0.4) is 0 Å². The lowest BCUT2D eigenvalue weighted by molar-refractivity contribution is 0.520. The van der Waals surface area contributed by atoms with E-state index in [1.807, 2.05) is 6.07 Å². The van der Waals surface area contributed by atoms with E-state index in [4.69, 9.17) is 11.0 Å². The number of nitrogens with zero attached hydrogens (tertiary/aromatic N) is 2. The third-order valence-corrected chi connectivity index (χ3v) is 3.74. The molecule has 0 bridgehead atoms. The summed E-state index contributed by atoms with van der Waals surface area (Å²) in [5, 5.41) is 8.78. The van der Waals surface area contributed by atoms with Crippen LogP contribution < -0.4 is 5.73 Å². The van der Waals surface area contributed by atoms with Crippen molar-refractivity contribution in [2.24, 2.45) is 0 Å². The summed E-state index contributed by atoms with van der Waals surface area (Å²) in [6.45, 7) is 0. The summed E-state index contributed by atoms with van der Waals surface area (Å²) in [6.07, 6.45) is 0. The van der Waals surface area contributed by atoms with Gasteiger partial charge in [0.1, 0.15) is 11.0 Å². The summed E-state index contributed by atoms with van der Waals surface area (Å²) in [5.74, 6) is 0. The first-order chi connectivity index (χ1) is 6.89. The number of nitrogens with two attached hydrogens (primary N) is 1. The molecule has 6 heteroatoms. The van der Waals surface area contributed by atoms with E-state index < -0.39 is 10.0 Å². The van der Waals surface area contributed by atoms with Crippen LogP contribution in [0.25, 0.3) is 0 Å². The van der Waals surface area contributed by atoms with Crippen LogP contribution in [-0.2, 0) is 10.0 Å². The van der Waals surface area contributed by atoms with E-state index in [9.17, 15) is 8.42 Å². The predicted octanol–water partition coefficient (Wildman–Crippen LogP) is 0.391. The standard InChI is InChI=1S/C9H11N3O2S/c1-12(2)15(13,14)9-5-8(11)4-3-7(9)6-10/h3-5H,11H2,1-2H3. The molecule has 0 fully saturated rings. The van der Waals surface area contributed by atoms with Gasteiger partial charge < -0.3 is 5.73 Å². The second-order valence-electron chi connectivity index (χ2n) is 3.15. The maximum atomic E-state index is 11.8. The maximum Gasteiger partial charge on any atom is 0.243 e. The van der Waals surface area contributed by atoms with Crippen molar-refractivity contribution in [2.45, 2.75) is 4.90 Å². The Bertz CT molecular complexity index is 515. The van der Waals surface area contributed by atoms with E-state index in [1.165, 1.54) is 32.3 Å². The summed E-state index contributed by atoms with van der Waals surface area (Å²) in [5.41, 5.74) is 5.90. The minimum Gasteiger partial charge on any atom is -0.399 e. The number of hydrogen-bond donors (Lipinski definition) is 1. The van der Waals surface area contributed by atoms with Crippen molar-refractivity contribution >= 4 is 15.7 Å². The highest BCUT2D eigenvalue weighted by molar-refractivity contribution is 7.89. The van der Waals surface area contributed by atoms with Crippen molar-refractivity contribution in [3.05, 3.63) is 23.8 Å². The fourth-order valence-corrected chi connectivity index (χ4v) is 2.11. The predicted molar refractivity (Wildman–Crippen MR) is 56.4 cm³/mol. The average Bonchev–Trinajstić information content (AvgIpc) is 2.17. The van der Waals surface area contributed by atoms with Crippen LogP contribution in [0.5, 0.6) is 0 Å². The minimum absolute atomic E-state index is 0.0602. The second-order valence-corrected chi connectivity index (χ2v) is 5.28. The summed E-state index contributed by atoms with van der Waals surface area (Å²) in [6, 6.07) is 6.00. The van der Waals surface area contributed by atoms with Gasteiger partial charge in [-0.15, -0.1) is 0 Å². The van der Waals surface area contributed by atoms with Gasteiger partial charge in [-0.2, -0.15) is 5.26 Å². The van der Waals surface area contributed by atoms with Crippen LogP contribution in [0, 0.1) is 11.3 Å². The number of nitriles is 1. The lowest BCUT2D eigenvalue weighted by atomic mass is 10.2. The first-order valence-corrected chi connectivity index (χ1v) is 5.55. The summed E-state index contributed by atoms with van der Waals surface area (Å²) < 4.78 is 24.6. The lowest BCUT2D eigenvalue weighted by Gasteiger charge is -2.12. The normalized spacial score (nSPS) is 11.3. The van der Waals surface area contributed by atoms with Crippen LogP contribution in [0.15, 0.2) is 23.1 Å². The molecule has 0 saturated carbocycles. The van der Waals surface area contributed by atoms with E-state index in [0.717, 1.165) is 4.31 Å². The van der Waals surface area contributed by atoms with Gasteiger partial charge >= 0.3 is 0 Å². The SMILES string of the molecule is CN(C)S(=O)(=O)c1cc(N)ccc1C#N. The highest BCUT2D eigenvalue weighted by atomic mass is 32.2. The van der Waals surface area contributed by atoms with Crippen LogP contribution >= 0.6 is 0 Å². The Morgan fingerprint density at radius 2 is 2.00 bits per heavy atom. The summed E-state index contributed by atoms with van der Waals surface area (Å²) in [4.78, 5) is -0.0602. The van der Waals surface area contributed by atoms with E-state index in [0.29, 0.717) is 5.69 Å². The van der Waals surface area contributed by atoms with Crippen LogP contribution in [0.2, 0.25) is 0 Å². The third-order valence-electron chi connectivity index (χ3n) is 1.88. The molecule has 80 valence electrons. The van der Waals surface area contributed by atoms with Gasteiger partial charge in [-0.25, -0.2) is 12.7 Å². The Morgan fingerprint density at radius 1 is 1.40 bits per heavy atom. The molecule has 1 rings (SSSR count). The van der Waals surface area contributed by atoms with Gasteiger partial charge in [0.25, 0.3) is 0 Å². The van der Waals surface area contributed by atoms with Crippen molar-refractivity contribution in [3.8, 4) is 6.07 Å². The third kappa shape index (κ3) is 2.09. The molecular formula is C9H11N3O2S. The Kier molecular flexibility index (Phi) is 2.98. The molecule has 0 spiro atoms. The van der Waals surface area contributed by atoms with E-state index in [1.54, 1.807) is 0 Å². The molecule has 0 amide bonds. The number of sulfonamides is 1. The molecule has 15 heavy (non-hydrogen) atoms. The molecule has 0 saturated heterocycles. The smallest absolute Gasteiger partial charge is 0.243 e. The van der Waals surface area contributed by atoms with Gasteiger partial charge in [-0.05, 0) is 18.2 Å². The molecule has 0 aromatic heterocycles. The highest BCUT2D eigenvalue weighted by Gasteiger charge is 2.21. The molecule has 0 aliphatic carbocycles. The van der Waals surface area contributed by atoms with Crippen LogP contribution in [0.1, 0.15) is 5.56 Å². The molecule has 0 atom stereocenters. The van der Waals surface area contributed by atoms with Gasteiger partial charge in [0.2, 0.25) is 10.0 Å². The first kappa shape index (κ1) is 11.5. The average molecular weight is 225 g/mol. The van der Waals surface area contributed by atoms with Crippen LogP contribution in [0.4, 0.5) is 5.69 Å². The first-order valence-electron chi connectivity index (χ1n) is 4.11. The lowest BCUT2D eigenvalue weighted by Crippen LogP contribution is -2.23. The molecule has 2 N–H and O–H groups in total. The Balaban J connectivity index is 3.51. The molecule has 0 unspecified atom stereocenters. The monoisotopic (exact) mass is 225 g/mol. The Labute approximate surface area is 88.8 Å². The van der Waals surface area contributed by atoms with E-state index in [2.05, 4.69) is 0 Å². The zero-order chi connectivity index (χ0) is 11.6. The second kappa shape index (κ2) is 3.88. The van der Waals surface area contributed by atoms with Gasteiger partial charge in [0, 0.05) is 19.8 Å². The molecule has 0 aliphatic rings. The summed E-state index contributed by atoms with van der Waals surface area (Å²) in [7, 11) is -0.806. The number of rotatable bonds is 2. The quantitative estimate of drug-likeness (QED) is 0.737. The molecule has 1 aromatic rings. The number of anilines is 1. The van der Waals surface area contributed by atoms with E-state index in [-0.39, 0.29) is 10.5 Å². The zero-order valence-corrected chi connectivity index (χ0v) is 9.25. The summed E-state index contributed by atoms with van der Waals surface area (Å²) >= 11 is 0. The van der Waals surface area contributed by atoms with Crippen molar-refractivity contribution in [2.75, 3.05) is 19.8 Å².